The van der Waals surface area contributed by atoms with E-state index >= 15 is 0 Å². The summed E-state index contributed by atoms with van der Waals surface area (Å²) in [7, 11) is 0. The molecule has 2 aromatic heterocycles. The number of morpholine rings is 1. The Morgan fingerprint density at radius 3 is 2.74 bits per heavy atom. The molecule has 1 fully saturated rings. The van der Waals surface area contributed by atoms with E-state index in [1.54, 1.807) is 0 Å². The molecule has 2 aliphatic rings. The Hall–Kier alpha value is -1.76. The molecule has 120 valence electrons. The molecule has 0 aliphatic carbocycles. The van der Waals surface area contributed by atoms with Crippen LogP contribution in [-0.2, 0) is 9.47 Å². The molecule has 2 aromatic rings. The number of anilines is 1. The molecule has 0 saturated carbocycles. The summed E-state index contributed by atoms with van der Waals surface area (Å²) in [6.45, 7) is 4.34. The van der Waals surface area contributed by atoms with Crippen LogP contribution in [0, 0.1) is 0 Å². The van der Waals surface area contributed by atoms with Gasteiger partial charge < -0.3 is 14.4 Å². The first kappa shape index (κ1) is 14.8. The molecule has 0 bridgehead atoms. The van der Waals surface area contributed by atoms with E-state index in [0.29, 0.717) is 19.8 Å². The molecule has 2 aliphatic heterocycles. The van der Waals surface area contributed by atoms with E-state index < -0.39 is 0 Å². The van der Waals surface area contributed by atoms with E-state index in [1.165, 1.54) is 5.57 Å². The predicted molar refractivity (Wildman–Crippen MR) is 88.8 cm³/mol. The van der Waals surface area contributed by atoms with E-state index in [2.05, 4.69) is 25.9 Å². The first-order valence-electron chi connectivity index (χ1n) is 7.74. The van der Waals surface area contributed by atoms with Gasteiger partial charge in [-0.1, -0.05) is 6.08 Å². The van der Waals surface area contributed by atoms with Crippen LogP contribution in [0.2, 0.25) is 5.28 Å². The summed E-state index contributed by atoms with van der Waals surface area (Å²) in [5, 5.41) is 0.249. The minimum atomic E-state index is 0.249. The molecule has 0 radical (unpaired) electrons. The van der Waals surface area contributed by atoms with Crippen molar-refractivity contribution in [1.29, 1.82) is 0 Å². The lowest BCUT2D eigenvalue weighted by atomic mass is 10.0. The monoisotopic (exact) mass is 332 g/mol. The second-order valence-corrected chi connectivity index (χ2v) is 5.90. The third kappa shape index (κ3) is 3.02. The maximum Gasteiger partial charge on any atom is 0.225 e. The van der Waals surface area contributed by atoms with Crippen LogP contribution in [0.25, 0.3) is 16.6 Å². The first-order valence-corrected chi connectivity index (χ1v) is 8.12. The third-order valence-electron chi connectivity index (χ3n) is 4.13. The minimum Gasteiger partial charge on any atom is -0.378 e. The Bertz CT molecular complexity index is 759. The van der Waals surface area contributed by atoms with Crippen molar-refractivity contribution in [2.24, 2.45) is 0 Å². The van der Waals surface area contributed by atoms with E-state index in [4.69, 9.17) is 21.1 Å². The number of halogens is 1. The highest BCUT2D eigenvalue weighted by molar-refractivity contribution is 6.28. The molecule has 0 spiro atoms. The molecule has 0 atom stereocenters. The van der Waals surface area contributed by atoms with Gasteiger partial charge in [-0.2, -0.15) is 4.98 Å². The van der Waals surface area contributed by atoms with Crippen LogP contribution in [0.3, 0.4) is 0 Å². The van der Waals surface area contributed by atoms with Crippen LogP contribution in [0.1, 0.15) is 12.0 Å². The lowest BCUT2D eigenvalue weighted by Crippen LogP contribution is -2.37. The van der Waals surface area contributed by atoms with Gasteiger partial charge in [-0.25, -0.2) is 4.98 Å². The van der Waals surface area contributed by atoms with Crippen LogP contribution in [0.5, 0.6) is 0 Å². The van der Waals surface area contributed by atoms with Crippen LogP contribution in [0.15, 0.2) is 18.3 Å². The summed E-state index contributed by atoms with van der Waals surface area (Å²) in [5.41, 5.74) is 3.88. The van der Waals surface area contributed by atoms with Gasteiger partial charge >= 0.3 is 0 Å². The second kappa shape index (κ2) is 6.39. The van der Waals surface area contributed by atoms with Gasteiger partial charge in [-0.3, -0.25) is 4.98 Å². The van der Waals surface area contributed by atoms with Crippen LogP contribution < -0.4 is 4.90 Å². The van der Waals surface area contributed by atoms with Crippen molar-refractivity contribution >= 4 is 34.0 Å². The summed E-state index contributed by atoms with van der Waals surface area (Å²) in [6, 6.07) is 2.04. The van der Waals surface area contributed by atoms with Crippen molar-refractivity contribution < 1.29 is 9.47 Å². The summed E-state index contributed by atoms with van der Waals surface area (Å²) >= 11 is 6.14. The fraction of sp³-hybridized carbons (Fsp3) is 0.438. The molecule has 0 aromatic carbocycles. The zero-order chi connectivity index (χ0) is 15.6. The molecule has 1 saturated heterocycles. The summed E-state index contributed by atoms with van der Waals surface area (Å²) < 4.78 is 10.8. The van der Waals surface area contributed by atoms with Gasteiger partial charge in [0, 0.05) is 19.3 Å². The number of ether oxygens (including phenoxy) is 2. The lowest BCUT2D eigenvalue weighted by molar-refractivity contribution is 0.122. The molecule has 6 nitrogen and oxygen atoms in total. The highest BCUT2D eigenvalue weighted by Crippen LogP contribution is 2.28. The van der Waals surface area contributed by atoms with Gasteiger partial charge in [0.25, 0.3) is 0 Å². The average molecular weight is 333 g/mol. The van der Waals surface area contributed by atoms with E-state index in [0.717, 1.165) is 48.5 Å². The minimum absolute atomic E-state index is 0.249. The Morgan fingerprint density at radius 2 is 1.96 bits per heavy atom. The van der Waals surface area contributed by atoms with Crippen molar-refractivity contribution in [2.75, 3.05) is 44.4 Å². The number of pyridine rings is 1. The molecular weight excluding hydrogens is 316 g/mol. The van der Waals surface area contributed by atoms with E-state index in [-0.39, 0.29) is 5.28 Å². The molecule has 4 heterocycles. The van der Waals surface area contributed by atoms with Gasteiger partial charge in [0.2, 0.25) is 5.28 Å². The molecule has 7 heteroatoms. The van der Waals surface area contributed by atoms with Crippen LogP contribution in [-0.4, -0.2) is 54.5 Å². The largest absolute Gasteiger partial charge is 0.378 e. The Balaban J connectivity index is 1.78. The standard InChI is InChI=1S/C16H17ClN4O2/c17-16-19-13-9-12(11-1-5-22-6-2-11)10-18-14(13)15(20-16)21-3-7-23-8-4-21/h1,9-10H,2-8H2. The van der Waals surface area contributed by atoms with Gasteiger partial charge in [0.1, 0.15) is 5.52 Å². The van der Waals surface area contributed by atoms with Crippen molar-refractivity contribution in [2.45, 2.75) is 6.42 Å². The number of nitrogens with zero attached hydrogens (tertiary/aromatic N) is 4. The molecule has 0 N–H and O–H groups in total. The molecule has 0 amide bonds. The number of hydrogen-bond donors (Lipinski definition) is 0. The molecule has 0 unspecified atom stereocenters. The normalized spacial score (nSPS) is 19.0. The zero-order valence-corrected chi connectivity index (χ0v) is 13.4. The lowest BCUT2D eigenvalue weighted by Gasteiger charge is -2.28. The maximum atomic E-state index is 6.14. The highest BCUT2D eigenvalue weighted by atomic mass is 35.5. The Kier molecular flexibility index (Phi) is 4.11. The van der Waals surface area contributed by atoms with E-state index in [1.807, 2.05) is 12.3 Å². The van der Waals surface area contributed by atoms with Gasteiger partial charge in [0.15, 0.2) is 5.82 Å². The fourth-order valence-corrected chi connectivity index (χ4v) is 3.11. The smallest absolute Gasteiger partial charge is 0.225 e. The number of aromatic nitrogens is 3. The number of hydrogen-bond acceptors (Lipinski definition) is 6. The quantitative estimate of drug-likeness (QED) is 0.787. The SMILES string of the molecule is Clc1nc(N2CCOCC2)c2ncc(C3=CCOCC3)cc2n1. The second-order valence-electron chi connectivity index (χ2n) is 5.56. The van der Waals surface area contributed by atoms with Gasteiger partial charge in [-0.05, 0) is 35.2 Å². The fourth-order valence-electron chi connectivity index (χ4n) is 2.94. The summed E-state index contributed by atoms with van der Waals surface area (Å²) in [5.74, 6) is 0.788. The number of fused-ring (bicyclic) bond motifs is 1. The van der Waals surface area contributed by atoms with Gasteiger partial charge in [-0.15, -0.1) is 0 Å². The third-order valence-corrected chi connectivity index (χ3v) is 4.30. The Morgan fingerprint density at radius 1 is 1.09 bits per heavy atom. The first-order chi connectivity index (χ1) is 11.3. The molecule has 4 rings (SSSR count). The summed E-state index contributed by atoms with van der Waals surface area (Å²) in [4.78, 5) is 15.5. The molecular formula is C16H17ClN4O2. The number of rotatable bonds is 2. The van der Waals surface area contributed by atoms with Crippen LogP contribution in [0.4, 0.5) is 5.82 Å². The highest BCUT2D eigenvalue weighted by Gasteiger charge is 2.19. The average Bonchev–Trinajstić information content (AvgIpc) is 2.62. The van der Waals surface area contributed by atoms with Crippen molar-refractivity contribution in [3.8, 4) is 0 Å². The molecule has 23 heavy (non-hydrogen) atoms. The predicted octanol–water partition coefficient (Wildman–Crippen LogP) is 2.32. The topological polar surface area (TPSA) is 60.4 Å². The van der Waals surface area contributed by atoms with Gasteiger partial charge in [0.05, 0.1) is 31.9 Å². The van der Waals surface area contributed by atoms with Crippen molar-refractivity contribution in [3.63, 3.8) is 0 Å². The maximum absolute atomic E-state index is 6.14. The van der Waals surface area contributed by atoms with Crippen molar-refractivity contribution in [1.82, 2.24) is 15.0 Å². The van der Waals surface area contributed by atoms with Crippen molar-refractivity contribution in [3.05, 3.63) is 29.2 Å². The summed E-state index contributed by atoms with van der Waals surface area (Å²) in [6.07, 6.45) is 4.88. The zero-order valence-electron chi connectivity index (χ0n) is 12.7. The van der Waals surface area contributed by atoms with Crippen LogP contribution >= 0.6 is 11.6 Å². The Labute approximate surface area is 139 Å². The van der Waals surface area contributed by atoms with E-state index in [9.17, 15) is 0 Å².